The SMILES string of the molecule is O=C(NC1CCN(c2ccccc2)CC1)[C@@H]1C[C@@H](O)CN1. The monoisotopic (exact) mass is 289 g/mol. The van der Waals surface area contributed by atoms with E-state index in [9.17, 15) is 9.90 Å². The zero-order valence-corrected chi connectivity index (χ0v) is 12.2. The number of aliphatic hydroxyl groups excluding tert-OH is 1. The van der Waals surface area contributed by atoms with Crippen LogP contribution in [0.25, 0.3) is 0 Å². The van der Waals surface area contributed by atoms with Crippen LogP contribution in [0, 0.1) is 0 Å². The summed E-state index contributed by atoms with van der Waals surface area (Å²) in [7, 11) is 0. The van der Waals surface area contributed by atoms with Crippen LogP contribution < -0.4 is 15.5 Å². The quantitative estimate of drug-likeness (QED) is 0.758. The molecule has 1 aromatic carbocycles. The number of carbonyl (C=O) groups is 1. The van der Waals surface area contributed by atoms with E-state index in [-0.39, 0.29) is 24.1 Å². The summed E-state index contributed by atoms with van der Waals surface area (Å²) >= 11 is 0. The summed E-state index contributed by atoms with van der Waals surface area (Å²) in [6, 6.07) is 10.4. The fraction of sp³-hybridized carbons (Fsp3) is 0.562. The van der Waals surface area contributed by atoms with Crippen LogP contribution >= 0.6 is 0 Å². The van der Waals surface area contributed by atoms with Crippen molar-refractivity contribution in [2.45, 2.75) is 37.5 Å². The minimum Gasteiger partial charge on any atom is -0.392 e. The van der Waals surface area contributed by atoms with Gasteiger partial charge >= 0.3 is 0 Å². The van der Waals surface area contributed by atoms with Crippen molar-refractivity contribution in [2.75, 3.05) is 24.5 Å². The summed E-state index contributed by atoms with van der Waals surface area (Å²) in [6.45, 7) is 2.45. The number of nitrogens with zero attached hydrogens (tertiary/aromatic N) is 1. The average molecular weight is 289 g/mol. The third kappa shape index (κ3) is 3.54. The number of hydrogen-bond donors (Lipinski definition) is 3. The number of benzene rings is 1. The van der Waals surface area contributed by atoms with Crippen LogP contribution in [0.2, 0.25) is 0 Å². The molecule has 0 aliphatic carbocycles. The van der Waals surface area contributed by atoms with Crippen LogP contribution in [0.4, 0.5) is 5.69 Å². The van der Waals surface area contributed by atoms with Gasteiger partial charge in [-0.1, -0.05) is 18.2 Å². The molecule has 1 amide bonds. The van der Waals surface area contributed by atoms with Crippen LogP contribution in [0.5, 0.6) is 0 Å². The molecule has 2 saturated heterocycles. The van der Waals surface area contributed by atoms with Gasteiger partial charge in [-0.3, -0.25) is 4.79 Å². The second-order valence-electron chi connectivity index (χ2n) is 5.96. The molecule has 3 N–H and O–H groups in total. The molecule has 2 atom stereocenters. The summed E-state index contributed by atoms with van der Waals surface area (Å²) < 4.78 is 0. The topological polar surface area (TPSA) is 64.6 Å². The molecule has 0 bridgehead atoms. The van der Waals surface area contributed by atoms with Gasteiger partial charge < -0.3 is 20.6 Å². The number of hydrogen-bond acceptors (Lipinski definition) is 4. The Morgan fingerprint density at radius 1 is 1.24 bits per heavy atom. The van der Waals surface area contributed by atoms with Crippen molar-refractivity contribution in [1.29, 1.82) is 0 Å². The zero-order chi connectivity index (χ0) is 14.7. The number of piperidine rings is 1. The van der Waals surface area contributed by atoms with Crippen molar-refractivity contribution >= 4 is 11.6 Å². The number of nitrogens with one attached hydrogen (secondary N) is 2. The van der Waals surface area contributed by atoms with Gasteiger partial charge in [0.1, 0.15) is 0 Å². The minimum atomic E-state index is -0.388. The van der Waals surface area contributed by atoms with E-state index in [2.05, 4.69) is 39.8 Å². The molecular weight excluding hydrogens is 266 g/mol. The van der Waals surface area contributed by atoms with Crippen LogP contribution in [-0.4, -0.2) is 48.8 Å². The highest BCUT2D eigenvalue weighted by molar-refractivity contribution is 5.82. The fourth-order valence-electron chi connectivity index (χ4n) is 3.14. The van der Waals surface area contributed by atoms with Crippen molar-refractivity contribution in [3.8, 4) is 0 Å². The molecule has 114 valence electrons. The first-order chi connectivity index (χ1) is 10.2. The van der Waals surface area contributed by atoms with Gasteiger partial charge in [-0.25, -0.2) is 0 Å². The van der Waals surface area contributed by atoms with Crippen LogP contribution in [0.1, 0.15) is 19.3 Å². The van der Waals surface area contributed by atoms with Crippen LogP contribution in [0.15, 0.2) is 30.3 Å². The predicted molar refractivity (Wildman–Crippen MR) is 82.2 cm³/mol. The van der Waals surface area contributed by atoms with E-state index >= 15 is 0 Å². The number of rotatable bonds is 3. The Morgan fingerprint density at radius 3 is 2.57 bits per heavy atom. The normalized spacial score (nSPS) is 26.8. The van der Waals surface area contributed by atoms with Crippen molar-refractivity contribution in [3.63, 3.8) is 0 Å². The van der Waals surface area contributed by atoms with Gasteiger partial charge in [0.05, 0.1) is 12.1 Å². The van der Waals surface area contributed by atoms with Gasteiger partial charge in [0.2, 0.25) is 5.91 Å². The Labute approximate surface area is 125 Å². The van der Waals surface area contributed by atoms with E-state index in [4.69, 9.17) is 0 Å². The first-order valence-electron chi connectivity index (χ1n) is 7.74. The van der Waals surface area contributed by atoms with E-state index in [1.54, 1.807) is 0 Å². The highest BCUT2D eigenvalue weighted by Gasteiger charge is 2.30. The fourth-order valence-corrected chi connectivity index (χ4v) is 3.14. The number of amides is 1. The van der Waals surface area contributed by atoms with Gasteiger partial charge in [0.15, 0.2) is 0 Å². The minimum absolute atomic E-state index is 0.0321. The van der Waals surface area contributed by atoms with Crippen molar-refractivity contribution in [2.24, 2.45) is 0 Å². The molecule has 0 radical (unpaired) electrons. The van der Waals surface area contributed by atoms with Crippen molar-refractivity contribution in [3.05, 3.63) is 30.3 Å². The standard InChI is InChI=1S/C16H23N3O2/c20-14-10-15(17-11-14)16(21)18-12-6-8-19(9-7-12)13-4-2-1-3-5-13/h1-5,12,14-15,17,20H,6-11H2,(H,18,21)/t14-,15+/m1/s1. The second kappa shape index (κ2) is 6.45. The molecule has 2 fully saturated rings. The summed E-state index contributed by atoms with van der Waals surface area (Å²) in [5, 5.41) is 15.6. The van der Waals surface area contributed by atoms with Gasteiger partial charge in [-0.2, -0.15) is 0 Å². The number of para-hydroxylation sites is 1. The molecule has 0 saturated carbocycles. The molecule has 0 spiro atoms. The Hall–Kier alpha value is -1.59. The Morgan fingerprint density at radius 2 is 1.95 bits per heavy atom. The van der Waals surface area contributed by atoms with Crippen molar-refractivity contribution in [1.82, 2.24) is 10.6 Å². The van der Waals surface area contributed by atoms with Gasteiger partial charge in [-0.05, 0) is 31.4 Å². The lowest BCUT2D eigenvalue weighted by molar-refractivity contribution is -0.123. The largest absolute Gasteiger partial charge is 0.392 e. The summed E-state index contributed by atoms with van der Waals surface area (Å²) in [5.41, 5.74) is 1.25. The summed E-state index contributed by atoms with van der Waals surface area (Å²) in [5.74, 6) is 0.0321. The maximum absolute atomic E-state index is 12.1. The molecule has 5 heteroatoms. The van der Waals surface area contributed by atoms with E-state index in [1.165, 1.54) is 5.69 Å². The van der Waals surface area contributed by atoms with E-state index in [1.807, 2.05) is 6.07 Å². The molecule has 1 aromatic rings. The lowest BCUT2D eigenvalue weighted by Gasteiger charge is -2.34. The molecule has 2 heterocycles. The Balaban J connectivity index is 1.47. The zero-order valence-electron chi connectivity index (χ0n) is 12.2. The molecule has 21 heavy (non-hydrogen) atoms. The smallest absolute Gasteiger partial charge is 0.237 e. The van der Waals surface area contributed by atoms with Gasteiger partial charge in [-0.15, -0.1) is 0 Å². The summed E-state index contributed by atoms with van der Waals surface area (Å²) in [4.78, 5) is 14.5. The highest BCUT2D eigenvalue weighted by atomic mass is 16.3. The van der Waals surface area contributed by atoms with Gasteiger partial charge in [0.25, 0.3) is 0 Å². The number of aliphatic hydroxyl groups is 1. The van der Waals surface area contributed by atoms with Crippen molar-refractivity contribution < 1.29 is 9.90 Å². The number of carbonyl (C=O) groups excluding carboxylic acids is 1. The molecule has 2 aliphatic rings. The molecule has 3 rings (SSSR count). The van der Waals surface area contributed by atoms with E-state index < -0.39 is 0 Å². The molecular formula is C16H23N3O2. The van der Waals surface area contributed by atoms with Crippen LogP contribution in [0.3, 0.4) is 0 Å². The highest BCUT2D eigenvalue weighted by Crippen LogP contribution is 2.19. The van der Waals surface area contributed by atoms with E-state index in [0.717, 1.165) is 25.9 Å². The third-order valence-corrected chi connectivity index (χ3v) is 4.39. The lowest BCUT2D eigenvalue weighted by atomic mass is 10.0. The van der Waals surface area contributed by atoms with Crippen LogP contribution in [-0.2, 0) is 4.79 Å². The molecule has 0 unspecified atom stereocenters. The second-order valence-corrected chi connectivity index (χ2v) is 5.96. The van der Waals surface area contributed by atoms with E-state index in [0.29, 0.717) is 13.0 Å². The molecule has 5 nitrogen and oxygen atoms in total. The number of anilines is 1. The Bertz CT molecular complexity index is 472. The first-order valence-corrected chi connectivity index (χ1v) is 7.74. The lowest BCUT2D eigenvalue weighted by Crippen LogP contribution is -2.49. The number of β-amino-alcohol motifs (C(OH)–C–C–N with tert-alkyl or cyclic N) is 1. The molecule has 0 aromatic heterocycles. The Kier molecular flexibility index (Phi) is 4.41. The first kappa shape index (κ1) is 14.4. The average Bonchev–Trinajstić information content (AvgIpc) is 2.96. The summed E-state index contributed by atoms with van der Waals surface area (Å²) in [6.07, 6.45) is 2.07. The predicted octanol–water partition coefficient (Wildman–Crippen LogP) is 0.494. The van der Waals surface area contributed by atoms with Gasteiger partial charge in [0, 0.05) is 31.4 Å². The maximum atomic E-state index is 12.1. The maximum Gasteiger partial charge on any atom is 0.237 e. The third-order valence-electron chi connectivity index (χ3n) is 4.39. The molecule has 2 aliphatic heterocycles.